The first-order chi connectivity index (χ1) is 7.91. The second kappa shape index (κ2) is 6.36. The van der Waals surface area contributed by atoms with Gasteiger partial charge in [0.25, 0.3) is 0 Å². The summed E-state index contributed by atoms with van der Waals surface area (Å²) in [6.07, 6.45) is 2.41. The number of rotatable bonds is 5. The van der Waals surface area contributed by atoms with E-state index in [9.17, 15) is 4.79 Å². The number of piperidine rings is 1. The number of nitrogens with one attached hydrogen (secondary N) is 1. The summed E-state index contributed by atoms with van der Waals surface area (Å²) in [5.41, 5.74) is 5.43. The Labute approximate surface area is 105 Å². The SMILES string of the molecule is CC(C)C(NC(C)C1CCN(C)CC1)C(N)=O. The minimum absolute atomic E-state index is 0.204. The summed E-state index contributed by atoms with van der Waals surface area (Å²) < 4.78 is 0. The van der Waals surface area contributed by atoms with Crippen LogP contribution in [0.15, 0.2) is 0 Å². The second-order valence-electron chi connectivity index (χ2n) is 5.72. The summed E-state index contributed by atoms with van der Waals surface area (Å²) in [6, 6.07) is 0.160. The summed E-state index contributed by atoms with van der Waals surface area (Å²) in [5.74, 6) is 0.674. The van der Waals surface area contributed by atoms with Crippen LogP contribution in [-0.4, -0.2) is 43.0 Å². The molecule has 17 heavy (non-hydrogen) atoms. The van der Waals surface area contributed by atoms with Crippen molar-refractivity contribution in [2.75, 3.05) is 20.1 Å². The number of nitrogens with zero attached hydrogens (tertiary/aromatic N) is 1. The van der Waals surface area contributed by atoms with Crippen LogP contribution in [0.25, 0.3) is 0 Å². The molecular formula is C13H27N3O. The van der Waals surface area contributed by atoms with Gasteiger partial charge in [-0.05, 0) is 51.7 Å². The zero-order valence-electron chi connectivity index (χ0n) is 11.6. The molecular weight excluding hydrogens is 214 g/mol. The standard InChI is InChI=1S/C13H27N3O/c1-9(2)12(13(14)17)15-10(3)11-5-7-16(4)8-6-11/h9-12,15H,5-8H2,1-4H3,(H2,14,17). The molecule has 4 heteroatoms. The van der Waals surface area contributed by atoms with E-state index in [1.165, 1.54) is 12.8 Å². The Morgan fingerprint density at radius 3 is 2.24 bits per heavy atom. The molecule has 2 unspecified atom stereocenters. The maximum absolute atomic E-state index is 11.4. The minimum atomic E-state index is -0.236. The Kier molecular flexibility index (Phi) is 5.40. The predicted molar refractivity (Wildman–Crippen MR) is 70.6 cm³/mol. The van der Waals surface area contributed by atoms with Gasteiger partial charge in [0.05, 0.1) is 6.04 Å². The molecule has 0 aromatic rings. The monoisotopic (exact) mass is 241 g/mol. The molecule has 2 atom stereocenters. The summed E-state index contributed by atoms with van der Waals surface area (Å²) in [5, 5.41) is 3.41. The molecule has 1 aliphatic heterocycles. The lowest BCUT2D eigenvalue weighted by Crippen LogP contribution is -2.51. The highest BCUT2D eigenvalue weighted by atomic mass is 16.1. The number of carbonyl (C=O) groups excluding carboxylic acids is 1. The van der Waals surface area contributed by atoms with Crippen LogP contribution in [0.3, 0.4) is 0 Å². The van der Waals surface area contributed by atoms with Crippen LogP contribution in [0.1, 0.15) is 33.6 Å². The van der Waals surface area contributed by atoms with E-state index in [0.717, 1.165) is 13.1 Å². The lowest BCUT2D eigenvalue weighted by atomic mass is 9.89. The normalized spacial score (nSPS) is 22.6. The van der Waals surface area contributed by atoms with E-state index in [4.69, 9.17) is 5.73 Å². The van der Waals surface area contributed by atoms with Crippen molar-refractivity contribution in [3.63, 3.8) is 0 Å². The quantitative estimate of drug-likeness (QED) is 0.749. The molecule has 0 saturated carbocycles. The first-order valence-electron chi connectivity index (χ1n) is 6.65. The molecule has 1 fully saturated rings. The number of hydrogen-bond acceptors (Lipinski definition) is 3. The van der Waals surface area contributed by atoms with Gasteiger partial charge < -0.3 is 16.0 Å². The van der Waals surface area contributed by atoms with Crippen molar-refractivity contribution >= 4 is 5.91 Å². The molecule has 3 N–H and O–H groups in total. The first kappa shape index (κ1) is 14.5. The van der Waals surface area contributed by atoms with E-state index < -0.39 is 0 Å². The van der Waals surface area contributed by atoms with Gasteiger partial charge in [-0.2, -0.15) is 0 Å². The predicted octanol–water partition coefficient (Wildman–Crippen LogP) is 0.816. The van der Waals surface area contributed by atoms with Gasteiger partial charge in [-0.15, -0.1) is 0 Å². The van der Waals surface area contributed by atoms with Gasteiger partial charge in [0, 0.05) is 6.04 Å². The lowest BCUT2D eigenvalue weighted by molar-refractivity contribution is -0.121. The van der Waals surface area contributed by atoms with E-state index in [1.807, 2.05) is 13.8 Å². The van der Waals surface area contributed by atoms with Crippen LogP contribution >= 0.6 is 0 Å². The zero-order chi connectivity index (χ0) is 13.0. The van der Waals surface area contributed by atoms with E-state index >= 15 is 0 Å². The first-order valence-corrected chi connectivity index (χ1v) is 6.65. The van der Waals surface area contributed by atoms with E-state index in [1.54, 1.807) is 0 Å². The van der Waals surface area contributed by atoms with Gasteiger partial charge in [-0.3, -0.25) is 4.79 Å². The molecule has 0 radical (unpaired) electrons. The molecule has 4 nitrogen and oxygen atoms in total. The van der Waals surface area contributed by atoms with E-state index in [-0.39, 0.29) is 17.9 Å². The van der Waals surface area contributed by atoms with Gasteiger partial charge in [-0.25, -0.2) is 0 Å². The average Bonchev–Trinajstić information content (AvgIpc) is 2.25. The zero-order valence-corrected chi connectivity index (χ0v) is 11.6. The number of likely N-dealkylation sites (tertiary alicyclic amines) is 1. The Hall–Kier alpha value is -0.610. The molecule has 100 valence electrons. The van der Waals surface area contributed by atoms with Gasteiger partial charge in [0.2, 0.25) is 5.91 Å². The Morgan fingerprint density at radius 2 is 1.82 bits per heavy atom. The summed E-state index contributed by atoms with van der Waals surface area (Å²) in [7, 11) is 2.16. The van der Waals surface area contributed by atoms with E-state index in [0.29, 0.717) is 12.0 Å². The van der Waals surface area contributed by atoms with Crippen molar-refractivity contribution in [1.82, 2.24) is 10.2 Å². The van der Waals surface area contributed by atoms with Gasteiger partial charge in [-0.1, -0.05) is 13.8 Å². The van der Waals surface area contributed by atoms with Crippen molar-refractivity contribution in [2.24, 2.45) is 17.6 Å². The van der Waals surface area contributed by atoms with Crippen LogP contribution in [-0.2, 0) is 4.79 Å². The Morgan fingerprint density at radius 1 is 1.29 bits per heavy atom. The molecule has 0 aromatic heterocycles. The maximum Gasteiger partial charge on any atom is 0.234 e. The van der Waals surface area contributed by atoms with Crippen LogP contribution in [0.5, 0.6) is 0 Å². The van der Waals surface area contributed by atoms with Gasteiger partial charge in [0.15, 0.2) is 0 Å². The highest BCUT2D eigenvalue weighted by molar-refractivity contribution is 5.80. The van der Waals surface area contributed by atoms with Crippen LogP contribution in [0.4, 0.5) is 0 Å². The smallest absolute Gasteiger partial charge is 0.234 e. The fourth-order valence-corrected chi connectivity index (χ4v) is 2.55. The Balaban J connectivity index is 2.46. The molecule has 1 amide bonds. The molecule has 0 bridgehead atoms. The number of hydrogen-bond donors (Lipinski definition) is 2. The molecule has 1 aliphatic rings. The minimum Gasteiger partial charge on any atom is -0.368 e. The molecule has 1 saturated heterocycles. The van der Waals surface area contributed by atoms with Crippen molar-refractivity contribution in [1.29, 1.82) is 0 Å². The average molecular weight is 241 g/mol. The van der Waals surface area contributed by atoms with Crippen LogP contribution in [0, 0.1) is 11.8 Å². The fourth-order valence-electron chi connectivity index (χ4n) is 2.55. The highest BCUT2D eigenvalue weighted by Gasteiger charge is 2.27. The Bertz CT molecular complexity index is 247. The van der Waals surface area contributed by atoms with Crippen molar-refractivity contribution in [3.05, 3.63) is 0 Å². The van der Waals surface area contributed by atoms with Gasteiger partial charge >= 0.3 is 0 Å². The number of amides is 1. The molecule has 1 rings (SSSR count). The summed E-state index contributed by atoms with van der Waals surface area (Å²) >= 11 is 0. The fraction of sp³-hybridized carbons (Fsp3) is 0.923. The van der Waals surface area contributed by atoms with Gasteiger partial charge in [0.1, 0.15) is 0 Å². The largest absolute Gasteiger partial charge is 0.368 e. The maximum atomic E-state index is 11.4. The number of primary amides is 1. The third-order valence-corrected chi connectivity index (χ3v) is 3.89. The summed E-state index contributed by atoms with van der Waals surface area (Å²) in [4.78, 5) is 13.7. The lowest BCUT2D eigenvalue weighted by Gasteiger charge is -2.35. The summed E-state index contributed by atoms with van der Waals surface area (Å²) in [6.45, 7) is 8.54. The molecule has 1 heterocycles. The molecule has 0 aliphatic carbocycles. The number of carbonyl (C=O) groups is 1. The van der Waals surface area contributed by atoms with Crippen molar-refractivity contribution in [2.45, 2.75) is 45.7 Å². The third kappa shape index (κ3) is 4.28. The topological polar surface area (TPSA) is 58.4 Å². The van der Waals surface area contributed by atoms with Crippen LogP contribution < -0.4 is 11.1 Å². The van der Waals surface area contributed by atoms with E-state index in [2.05, 4.69) is 24.2 Å². The highest BCUT2D eigenvalue weighted by Crippen LogP contribution is 2.20. The molecule has 0 aromatic carbocycles. The second-order valence-corrected chi connectivity index (χ2v) is 5.72. The third-order valence-electron chi connectivity index (χ3n) is 3.89. The van der Waals surface area contributed by atoms with Crippen LogP contribution in [0.2, 0.25) is 0 Å². The number of nitrogens with two attached hydrogens (primary N) is 1. The van der Waals surface area contributed by atoms with Crippen molar-refractivity contribution in [3.8, 4) is 0 Å². The van der Waals surface area contributed by atoms with Crippen molar-refractivity contribution < 1.29 is 4.79 Å². The molecule has 0 spiro atoms.